The number of nitrogens with zero attached hydrogens (tertiary/aromatic N) is 1. The molecule has 2 aromatic carbocycles. The van der Waals surface area contributed by atoms with E-state index in [1.807, 2.05) is 50.5 Å². The fraction of sp³-hybridized carbons (Fsp3) is 0.263. The van der Waals surface area contributed by atoms with Gasteiger partial charge in [0.05, 0.1) is 10.6 Å². The molecule has 3 nitrogen and oxygen atoms in total. The van der Waals surface area contributed by atoms with Crippen LogP contribution >= 0.6 is 0 Å². The van der Waals surface area contributed by atoms with Crippen LogP contribution in [0.3, 0.4) is 0 Å². The molecule has 0 atom stereocenters. The van der Waals surface area contributed by atoms with E-state index in [0.717, 1.165) is 35.2 Å². The van der Waals surface area contributed by atoms with Gasteiger partial charge in [-0.25, -0.2) is 8.42 Å². The smallest absolute Gasteiger partial charge is 0.183 e. The van der Waals surface area contributed by atoms with E-state index in [1.54, 1.807) is 12.1 Å². The van der Waals surface area contributed by atoms with Crippen molar-refractivity contribution in [1.29, 1.82) is 0 Å². The SMILES string of the molecule is CN(C)CC/C=C1/c2ccccc2CS(=O)(=O)c2ccccc21. The summed E-state index contributed by atoms with van der Waals surface area (Å²) in [6, 6.07) is 15.1. The first-order valence-electron chi connectivity index (χ1n) is 7.74. The highest BCUT2D eigenvalue weighted by Crippen LogP contribution is 2.36. The van der Waals surface area contributed by atoms with Gasteiger partial charge in [0.25, 0.3) is 0 Å². The Hall–Kier alpha value is -1.91. The number of rotatable bonds is 3. The second-order valence-electron chi connectivity index (χ2n) is 6.12. The Bertz CT molecular complexity index is 851. The van der Waals surface area contributed by atoms with E-state index in [0.29, 0.717) is 4.90 Å². The van der Waals surface area contributed by atoms with Crippen LogP contribution < -0.4 is 0 Å². The lowest BCUT2D eigenvalue weighted by atomic mass is 9.93. The Kier molecular flexibility index (Phi) is 4.37. The molecule has 0 aliphatic carbocycles. The van der Waals surface area contributed by atoms with Crippen LogP contribution in [0.4, 0.5) is 0 Å². The maximum absolute atomic E-state index is 12.7. The molecule has 0 unspecified atom stereocenters. The van der Waals surface area contributed by atoms with Gasteiger partial charge in [-0.1, -0.05) is 48.5 Å². The summed E-state index contributed by atoms with van der Waals surface area (Å²) in [6.07, 6.45) is 3.05. The molecule has 0 saturated carbocycles. The van der Waals surface area contributed by atoms with Gasteiger partial charge < -0.3 is 4.90 Å². The van der Waals surface area contributed by atoms with Gasteiger partial charge in [0.15, 0.2) is 9.84 Å². The summed E-state index contributed by atoms with van der Waals surface area (Å²) in [5.41, 5.74) is 3.75. The van der Waals surface area contributed by atoms with Gasteiger partial charge in [0.1, 0.15) is 0 Å². The predicted octanol–water partition coefficient (Wildman–Crippen LogP) is 3.36. The lowest BCUT2D eigenvalue weighted by Crippen LogP contribution is -2.12. The summed E-state index contributed by atoms with van der Waals surface area (Å²) in [5, 5.41) is 0. The maximum Gasteiger partial charge on any atom is 0.183 e. The maximum atomic E-state index is 12.7. The molecule has 0 N–H and O–H groups in total. The van der Waals surface area contributed by atoms with Crippen molar-refractivity contribution >= 4 is 15.4 Å². The minimum absolute atomic E-state index is 0.0607. The summed E-state index contributed by atoms with van der Waals surface area (Å²) in [4.78, 5) is 2.56. The first-order chi connectivity index (χ1) is 11.0. The minimum Gasteiger partial charge on any atom is -0.309 e. The van der Waals surface area contributed by atoms with E-state index >= 15 is 0 Å². The van der Waals surface area contributed by atoms with E-state index in [-0.39, 0.29) is 5.75 Å². The van der Waals surface area contributed by atoms with Crippen LogP contribution in [0.25, 0.3) is 5.57 Å². The summed E-state index contributed by atoms with van der Waals surface area (Å²) >= 11 is 0. The largest absolute Gasteiger partial charge is 0.309 e. The third kappa shape index (κ3) is 3.23. The summed E-state index contributed by atoms with van der Waals surface area (Å²) in [7, 11) is 0.762. The van der Waals surface area contributed by atoms with E-state index in [1.165, 1.54) is 0 Å². The molecule has 1 aliphatic rings. The lowest BCUT2D eigenvalue weighted by molar-refractivity contribution is 0.417. The molecule has 4 heteroatoms. The number of sulfone groups is 1. The van der Waals surface area contributed by atoms with Crippen LogP contribution in [0, 0.1) is 0 Å². The van der Waals surface area contributed by atoms with Gasteiger partial charge in [-0.15, -0.1) is 0 Å². The molecule has 120 valence electrons. The molecule has 1 aliphatic heterocycles. The van der Waals surface area contributed by atoms with Gasteiger partial charge in [0, 0.05) is 12.1 Å². The van der Waals surface area contributed by atoms with Gasteiger partial charge in [-0.3, -0.25) is 0 Å². The predicted molar refractivity (Wildman–Crippen MR) is 94.0 cm³/mol. The Balaban J connectivity index is 2.21. The van der Waals surface area contributed by atoms with Crippen molar-refractivity contribution in [3.05, 3.63) is 71.3 Å². The molecule has 0 bridgehead atoms. The molecular weight excluding hydrogens is 306 g/mol. The molecule has 23 heavy (non-hydrogen) atoms. The highest BCUT2D eigenvalue weighted by molar-refractivity contribution is 7.90. The lowest BCUT2D eigenvalue weighted by Gasteiger charge is -2.12. The van der Waals surface area contributed by atoms with Crippen molar-refractivity contribution in [3.63, 3.8) is 0 Å². The molecule has 3 rings (SSSR count). The zero-order valence-corrected chi connectivity index (χ0v) is 14.3. The molecule has 0 saturated heterocycles. The van der Waals surface area contributed by atoms with E-state index in [2.05, 4.69) is 11.0 Å². The first-order valence-corrected chi connectivity index (χ1v) is 9.39. The summed E-state index contributed by atoms with van der Waals surface area (Å²) < 4.78 is 25.5. The van der Waals surface area contributed by atoms with Crippen LogP contribution in [-0.2, 0) is 15.6 Å². The topological polar surface area (TPSA) is 37.4 Å². The molecule has 0 radical (unpaired) electrons. The minimum atomic E-state index is -3.32. The third-order valence-corrected chi connectivity index (χ3v) is 5.81. The van der Waals surface area contributed by atoms with Crippen molar-refractivity contribution in [3.8, 4) is 0 Å². The van der Waals surface area contributed by atoms with Crippen LogP contribution in [0.15, 0.2) is 59.5 Å². The monoisotopic (exact) mass is 327 g/mol. The quantitative estimate of drug-likeness (QED) is 0.867. The molecule has 1 heterocycles. The van der Waals surface area contributed by atoms with Crippen LogP contribution in [-0.4, -0.2) is 34.0 Å². The standard InChI is InChI=1S/C19H21NO2S/c1-20(2)13-7-11-17-16-9-4-3-8-15(16)14-23(21,22)19-12-6-5-10-18(17)19/h3-6,8-12H,7,13-14H2,1-2H3/b17-11-. The average Bonchev–Trinajstić information content (AvgIpc) is 2.60. The van der Waals surface area contributed by atoms with Gasteiger partial charge in [-0.2, -0.15) is 0 Å². The van der Waals surface area contributed by atoms with Crippen LogP contribution in [0.1, 0.15) is 23.1 Å². The van der Waals surface area contributed by atoms with E-state index in [9.17, 15) is 8.42 Å². The summed E-state index contributed by atoms with van der Waals surface area (Å²) in [6.45, 7) is 0.931. The van der Waals surface area contributed by atoms with Gasteiger partial charge in [-0.05, 0) is 43.3 Å². The highest BCUT2D eigenvalue weighted by atomic mass is 32.2. The number of benzene rings is 2. The highest BCUT2D eigenvalue weighted by Gasteiger charge is 2.27. The molecule has 2 aromatic rings. The van der Waals surface area contributed by atoms with Crippen molar-refractivity contribution in [2.24, 2.45) is 0 Å². The Morgan fingerprint density at radius 2 is 1.65 bits per heavy atom. The Morgan fingerprint density at radius 3 is 2.39 bits per heavy atom. The zero-order valence-electron chi connectivity index (χ0n) is 13.5. The zero-order chi connectivity index (χ0) is 16.4. The van der Waals surface area contributed by atoms with Crippen LogP contribution in [0.2, 0.25) is 0 Å². The van der Waals surface area contributed by atoms with Crippen LogP contribution in [0.5, 0.6) is 0 Å². The molecule has 0 spiro atoms. The summed E-state index contributed by atoms with van der Waals surface area (Å²) in [5.74, 6) is 0.0607. The molecule has 0 fully saturated rings. The normalized spacial score (nSPS) is 17.6. The number of hydrogen-bond donors (Lipinski definition) is 0. The number of hydrogen-bond acceptors (Lipinski definition) is 3. The van der Waals surface area contributed by atoms with E-state index < -0.39 is 9.84 Å². The molecule has 0 amide bonds. The van der Waals surface area contributed by atoms with Gasteiger partial charge >= 0.3 is 0 Å². The second-order valence-corrected chi connectivity index (χ2v) is 8.08. The molecular formula is C19H21NO2S. The second kappa shape index (κ2) is 6.30. The van der Waals surface area contributed by atoms with Crippen molar-refractivity contribution in [2.45, 2.75) is 17.1 Å². The number of fused-ring (bicyclic) bond motifs is 2. The Labute approximate surface area is 138 Å². The average molecular weight is 327 g/mol. The molecule has 0 aromatic heterocycles. The van der Waals surface area contributed by atoms with Gasteiger partial charge in [0.2, 0.25) is 0 Å². The van der Waals surface area contributed by atoms with Crippen molar-refractivity contribution < 1.29 is 8.42 Å². The third-order valence-electron chi connectivity index (χ3n) is 4.09. The fourth-order valence-electron chi connectivity index (χ4n) is 2.98. The van der Waals surface area contributed by atoms with E-state index in [4.69, 9.17) is 0 Å². The van der Waals surface area contributed by atoms with Crippen molar-refractivity contribution in [2.75, 3.05) is 20.6 Å². The fourth-order valence-corrected chi connectivity index (χ4v) is 4.60. The van der Waals surface area contributed by atoms with Crippen molar-refractivity contribution in [1.82, 2.24) is 4.90 Å². The first kappa shape index (κ1) is 16.0. The Morgan fingerprint density at radius 1 is 1.00 bits per heavy atom.